The highest BCUT2D eigenvalue weighted by atomic mass is 19.1. The Morgan fingerprint density at radius 3 is 2.62 bits per heavy atom. The molecule has 1 amide bonds. The molecule has 0 spiro atoms. The Balaban J connectivity index is 1.54. The van der Waals surface area contributed by atoms with Gasteiger partial charge < -0.3 is 14.4 Å². The summed E-state index contributed by atoms with van der Waals surface area (Å²) in [6, 6.07) is 5.15. The molecule has 0 N–H and O–H groups in total. The Bertz CT molecular complexity index is 862. The van der Waals surface area contributed by atoms with E-state index in [9.17, 15) is 18.4 Å². The van der Waals surface area contributed by atoms with Crippen molar-refractivity contribution in [3.8, 4) is 0 Å². The molecule has 154 valence electrons. The van der Waals surface area contributed by atoms with E-state index < -0.39 is 30.1 Å². The van der Waals surface area contributed by atoms with Crippen molar-refractivity contribution in [2.75, 3.05) is 13.2 Å². The van der Waals surface area contributed by atoms with Crippen molar-refractivity contribution in [1.29, 1.82) is 0 Å². The molecule has 3 heterocycles. The Morgan fingerprint density at radius 1 is 1.10 bits per heavy atom. The van der Waals surface area contributed by atoms with Crippen molar-refractivity contribution in [3.63, 3.8) is 0 Å². The maximum absolute atomic E-state index is 14.0. The first-order valence-corrected chi connectivity index (χ1v) is 10.3. The third kappa shape index (κ3) is 3.16. The van der Waals surface area contributed by atoms with E-state index in [1.165, 1.54) is 12.1 Å². The molecule has 7 heteroatoms. The minimum absolute atomic E-state index is 0.0841. The van der Waals surface area contributed by atoms with Gasteiger partial charge in [-0.05, 0) is 49.8 Å². The summed E-state index contributed by atoms with van der Waals surface area (Å²) in [6.07, 6.45) is 1.07. The van der Waals surface area contributed by atoms with E-state index in [-0.39, 0.29) is 35.5 Å². The Morgan fingerprint density at radius 2 is 1.90 bits per heavy atom. The van der Waals surface area contributed by atoms with Gasteiger partial charge in [-0.1, -0.05) is 12.1 Å². The molecule has 0 bridgehead atoms. The van der Waals surface area contributed by atoms with Gasteiger partial charge in [0, 0.05) is 13.2 Å². The third-order valence-corrected chi connectivity index (χ3v) is 6.49. The number of hydrogen-bond acceptors (Lipinski definition) is 4. The minimum atomic E-state index is -1.03. The third-order valence-electron chi connectivity index (χ3n) is 6.49. The van der Waals surface area contributed by atoms with Crippen LogP contribution in [0.4, 0.5) is 8.78 Å². The van der Waals surface area contributed by atoms with Crippen molar-refractivity contribution in [2.45, 2.75) is 56.5 Å². The van der Waals surface area contributed by atoms with Crippen molar-refractivity contribution in [3.05, 3.63) is 47.0 Å². The van der Waals surface area contributed by atoms with Crippen LogP contribution in [0.3, 0.4) is 0 Å². The average molecular weight is 403 g/mol. The molecule has 1 aliphatic carbocycles. The standard InChI is InChI=1S/C22H23F2NO4/c23-13-5-3-12(4-6-13)19-18-20(26)16-10-14(24)7-8-17(16)29-21(18)22(27)25(19)11-15-2-1-9-28-15/h3-6,14-17,19H,1-2,7-11H2. The largest absolute Gasteiger partial charge is 0.483 e. The Kier molecular flexibility index (Phi) is 4.65. The van der Waals surface area contributed by atoms with Gasteiger partial charge in [0.2, 0.25) is 0 Å². The lowest BCUT2D eigenvalue weighted by molar-refractivity contribution is -0.137. The number of alkyl halides is 1. The number of benzene rings is 1. The first kappa shape index (κ1) is 18.7. The van der Waals surface area contributed by atoms with Gasteiger partial charge in [-0.3, -0.25) is 9.59 Å². The topological polar surface area (TPSA) is 55.8 Å². The summed E-state index contributed by atoms with van der Waals surface area (Å²) in [5.74, 6) is -1.43. The van der Waals surface area contributed by atoms with Crippen LogP contribution in [0.5, 0.6) is 0 Å². The lowest BCUT2D eigenvalue weighted by atomic mass is 9.77. The van der Waals surface area contributed by atoms with E-state index in [1.807, 2.05) is 0 Å². The number of amides is 1. The van der Waals surface area contributed by atoms with E-state index in [1.54, 1.807) is 17.0 Å². The molecule has 0 aromatic heterocycles. The fourth-order valence-electron chi connectivity index (χ4n) is 5.05. The van der Waals surface area contributed by atoms with Crippen LogP contribution in [-0.4, -0.2) is 48.1 Å². The van der Waals surface area contributed by atoms with Crippen LogP contribution in [0.25, 0.3) is 0 Å². The van der Waals surface area contributed by atoms with Crippen molar-refractivity contribution in [2.24, 2.45) is 5.92 Å². The van der Waals surface area contributed by atoms with Crippen LogP contribution in [0, 0.1) is 11.7 Å². The monoisotopic (exact) mass is 403 g/mol. The minimum Gasteiger partial charge on any atom is -0.483 e. The number of ketones is 1. The number of Topliss-reactive ketones (excluding diaryl/α,β-unsaturated/α-hetero) is 1. The van der Waals surface area contributed by atoms with E-state index in [4.69, 9.17) is 9.47 Å². The van der Waals surface area contributed by atoms with Crippen LogP contribution < -0.4 is 0 Å². The highest BCUT2D eigenvalue weighted by Gasteiger charge is 2.53. The number of ether oxygens (including phenoxy) is 2. The van der Waals surface area contributed by atoms with E-state index in [0.717, 1.165) is 12.8 Å². The predicted molar refractivity (Wildman–Crippen MR) is 99.0 cm³/mol. The molecule has 5 unspecified atom stereocenters. The molecular formula is C22H23F2NO4. The normalized spacial score (nSPS) is 34.3. The summed E-state index contributed by atoms with van der Waals surface area (Å²) < 4.78 is 39.2. The quantitative estimate of drug-likeness (QED) is 0.778. The molecule has 5 rings (SSSR count). The molecule has 1 saturated heterocycles. The number of fused-ring (bicyclic) bond motifs is 1. The second-order valence-electron chi connectivity index (χ2n) is 8.33. The molecule has 1 aromatic carbocycles. The summed E-state index contributed by atoms with van der Waals surface area (Å²) >= 11 is 0. The summed E-state index contributed by atoms with van der Waals surface area (Å²) in [6.45, 7) is 0.990. The van der Waals surface area contributed by atoms with Gasteiger partial charge in [0.1, 0.15) is 18.1 Å². The van der Waals surface area contributed by atoms with Crippen LogP contribution >= 0.6 is 0 Å². The molecular weight excluding hydrogens is 380 g/mol. The zero-order valence-electron chi connectivity index (χ0n) is 16.0. The van der Waals surface area contributed by atoms with Gasteiger partial charge in [-0.2, -0.15) is 0 Å². The van der Waals surface area contributed by atoms with Gasteiger partial charge in [0.25, 0.3) is 5.91 Å². The van der Waals surface area contributed by atoms with E-state index in [0.29, 0.717) is 31.6 Å². The van der Waals surface area contributed by atoms with Gasteiger partial charge in [0.15, 0.2) is 11.5 Å². The van der Waals surface area contributed by atoms with Gasteiger partial charge in [-0.25, -0.2) is 8.78 Å². The fourth-order valence-corrected chi connectivity index (χ4v) is 5.05. The van der Waals surface area contributed by atoms with Crippen LogP contribution in [0.1, 0.15) is 43.7 Å². The maximum atomic E-state index is 14.0. The number of carbonyl (C=O) groups is 2. The summed E-state index contributed by atoms with van der Waals surface area (Å²) in [5, 5.41) is 0. The number of carbonyl (C=O) groups excluding carboxylic acids is 2. The second kappa shape index (κ2) is 7.20. The second-order valence-corrected chi connectivity index (χ2v) is 8.33. The lowest BCUT2D eigenvalue weighted by Gasteiger charge is -2.36. The maximum Gasteiger partial charge on any atom is 0.290 e. The zero-order chi connectivity index (χ0) is 20.1. The molecule has 3 aliphatic heterocycles. The van der Waals surface area contributed by atoms with Crippen molar-refractivity contribution in [1.82, 2.24) is 4.90 Å². The molecule has 5 nitrogen and oxygen atoms in total. The smallest absolute Gasteiger partial charge is 0.290 e. The van der Waals surface area contributed by atoms with Crippen molar-refractivity contribution < 1.29 is 27.8 Å². The molecule has 5 atom stereocenters. The SMILES string of the molecule is O=C1C2=C(OC3CCC(F)CC13)C(=O)N(CC1CCCO1)C2c1ccc(F)cc1. The van der Waals surface area contributed by atoms with Gasteiger partial charge in [0.05, 0.1) is 23.6 Å². The van der Waals surface area contributed by atoms with Crippen LogP contribution in [0.15, 0.2) is 35.6 Å². The summed E-state index contributed by atoms with van der Waals surface area (Å²) in [4.78, 5) is 28.2. The summed E-state index contributed by atoms with van der Waals surface area (Å²) in [7, 11) is 0. The lowest BCUT2D eigenvalue weighted by Crippen LogP contribution is -2.42. The average Bonchev–Trinajstić information content (AvgIpc) is 3.32. The predicted octanol–water partition coefficient (Wildman–Crippen LogP) is 3.25. The number of rotatable bonds is 3. The first-order chi connectivity index (χ1) is 14.0. The Labute approximate surface area is 167 Å². The summed E-state index contributed by atoms with van der Waals surface area (Å²) in [5.41, 5.74) is 0.931. The van der Waals surface area contributed by atoms with Crippen molar-refractivity contribution >= 4 is 11.7 Å². The molecule has 0 radical (unpaired) electrons. The number of hydrogen-bond donors (Lipinski definition) is 0. The van der Waals surface area contributed by atoms with E-state index in [2.05, 4.69) is 0 Å². The molecule has 4 aliphatic rings. The van der Waals surface area contributed by atoms with E-state index >= 15 is 0 Å². The molecule has 1 saturated carbocycles. The number of nitrogens with zero attached hydrogens (tertiary/aromatic N) is 1. The first-order valence-electron chi connectivity index (χ1n) is 10.3. The van der Waals surface area contributed by atoms with Crippen LogP contribution in [-0.2, 0) is 19.1 Å². The Hall–Kier alpha value is -2.28. The van der Waals surface area contributed by atoms with Gasteiger partial charge in [-0.15, -0.1) is 0 Å². The zero-order valence-corrected chi connectivity index (χ0v) is 16.0. The molecule has 1 aromatic rings. The highest BCUT2D eigenvalue weighted by Crippen LogP contribution is 2.47. The van der Waals surface area contributed by atoms with Crippen LogP contribution in [0.2, 0.25) is 0 Å². The highest BCUT2D eigenvalue weighted by molar-refractivity contribution is 6.11. The van der Waals surface area contributed by atoms with Gasteiger partial charge >= 0.3 is 0 Å². The molecule has 29 heavy (non-hydrogen) atoms. The molecule has 2 fully saturated rings. The number of halogens is 2. The fraction of sp³-hybridized carbons (Fsp3) is 0.545.